The Morgan fingerprint density at radius 3 is 2.46 bits per heavy atom. The lowest BCUT2D eigenvalue weighted by molar-refractivity contribution is 0.0498. The molecule has 0 aliphatic carbocycles. The topological polar surface area (TPSA) is 26.7 Å². The van der Waals surface area contributed by atoms with Crippen molar-refractivity contribution in [2.75, 3.05) is 26.2 Å². The van der Waals surface area contributed by atoms with E-state index in [-0.39, 0.29) is 18.5 Å². The average Bonchev–Trinajstić information content (AvgIpc) is 2.61. The first-order chi connectivity index (χ1) is 12.5. The zero-order valence-electron chi connectivity index (χ0n) is 14.5. The molecular formula is C20H23F3N2O. The summed E-state index contributed by atoms with van der Waals surface area (Å²) >= 11 is 0. The summed E-state index contributed by atoms with van der Waals surface area (Å²) in [6.07, 6.45) is 0.601. The summed E-state index contributed by atoms with van der Waals surface area (Å²) in [5, 5.41) is 9.39. The third kappa shape index (κ3) is 4.84. The summed E-state index contributed by atoms with van der Waals surface area (Å²) in [7, 11) is 0. The molecule has 26 heavy (non-hydrogen) atoms. The highest BCUT2D eigenvalue weighted by Gasteiger charge is 2.26. The lowest BCUT2D eigenvalue weighted by Gasteiger charge is -2.41. The van der Waals surface area contributed by atoms with E-state index >= 15 is 0 Å². The van der Waals surface area contributed by atoms with E-state index in [4.69, 9.17) is 0 Å². The minimum Gasteiger partial charge on any atom is -0.396 e. The summed E-state index contributed by atoms with van der Waals surface area (Å²) in [5.74, 6) is -1.93. The van der Waals surface area contributed by atoms with E-state index < -0.39 is 11.6 Å². The normalized spacial score (nSPS) is 19.0. The smallest absolute Gasteiger partial charge is 0.159 e. The Labute approximate surface area is 151 Å². The maximum atomic E-state index is 13.4. The quantitative estimate of drug-likeness (QED) is 0.853. The molecule has 1 heterocycles. The third-order valence-corrected chi connectivity index (χ3v) is 4.82. The van der Waals surface area contributed by atoms with E-state index in [1.54, 1.807) is 12.1 Å². The van der Waals surface area contributed by atoms with E-state index in [2.05, 4.69) is 9.80 Å². The fraction of sp³-hybridized carbons (Fsp3) is 0.400. The van der Waals surface area contributed by atoms with Crippen molar-refractivity contribution in [3.8, 4) is 0 Å². The van der Waals surface area contributed by atoms with Crippen LogP contribution in [-0.4, -0.2) is 47.2 Å². The number of nitrogens with zero attached hydrogens (tertiary/aromatic N) is 2. The first kappa shape index (κ1) is 18.9. The van der Waals surface area contributed by atoms with E-state index in [0.29, 0.717) is 25.1 Å². The van der Waals surface area contributed by atoms with Gasteiger partial charge in [0.05, 0.1) is 0 Å². The molecule has 1 unspecified atom stereocenters. The van der Waals surface area contributed by atoms with Gasteiger partial charge in [-0.05, 0) is 41.8 Å². The number of benzene rings is 2. The summed E-state index contributed by atoms with van der Waals surface area (Å²) in [5.41, 5.74) is 1.63. The second-order valence-corrected chi connectivity index (χ2v) is 6.75. The lowest BCUT2D eigenvalue weighted by Crippen LogP contribution is -2.52. The number of aliphatic hydroxyl groups excluding tert-OH is 1. The monoisotopic (exact) mass is 364 g/mol. The Hall–Kier alpha value is -1.89. The van der Waals surface area contributed by atoms with Crippen LogP contribution in [0.4, 0.5) is 13.2 Å². The highest BCUT2D eigenvalue weighted by molar-refractivity contribution is 5.18. The number of aliphatic hydroxyl groups is 1. The van der Waals surface area contributed by atoms with Crippen molar-refractivity contribution in [1.82, 2.24) is 9.80 Å². The van der Waals surface area contributed by atoms with Crippen LogP contribution in [0.25, 0.3) is 0 Å². The molecule has 0 aromatic heterocycles. The minimum atomic E-state index is -0.847. The number of hydrogen-bond acceptors (Lipinski definition) is 3. The molecule has 1 atom stereocenters. The van der Waals surface area contributed by atoms with Gasteiger partial charge in [-0.2, -0.15) is 0 Å². The Kier molecular flexibility index (Phi) is 6.29. The molecule has 6 heteroatoms. The van der Waals surface area contributed by atoms with Crippen molar-refractivity contribution >= 4 is 0 Å². The second-order valence-electron chi connectivity index (χ2n) is 6.75. The maximum Gasteiger partial charge on any atom is 0.159 e. The SMILES string of the molecule is OCCC1CN(Cc2cccc(F)c2)CCN1Cc1ccc(F)c(F)c1. The molecule has 0 saturated carbocycles. The van der Waals surface area contributed by atoms with E-state index in [1.165, 1.54) is 18.2 Å². The minimum absolute atomic E-state index is 0.0623. The van der Waals surface area contributed by atoms with Gasteiger partial charge in [0.1, 0.15) is 5.82 Å². The molecule has 1 N–H and O–H groups in total. The van der Waals surface area contributed by atoms with Gasteiger partial charge in [0.2, 0.25) is 0 Å². The van der Waals surface area contributed by atoms with Crippen LogP contribution in [-0.2, 0) is 13.1 Å². The zero-order valence-corrected chi connectivity index (χ0v) is 14.5. The van der Waals surface area contributed by atoms with Gasteiger partial charge in [0, 0.05) is 45.4 Å². The van der Waals surface area contributed by atoms with Crippen LogP contribution in [0.3, 0.4) is 0 Å². The molecule has 0 spiro atoms. The number of piperazine rings is 1. The number of hydrogen-bond donors (Lipinski definition) is 1. The largest absolute Gasteiger partial charge is 0.396 e. The van der Waals surface area contributed by atoms with Gasteiger partial charge in [-0.25, -0.2) is 13.2 Å². The molecule has 3 rings (SSSR count). The maximum absolute atomic E-state index is 13.4. The van der Waals surface area contributed by atoms with E-state index in [0.717, 1.165) is 31.3 Å². The van der Waals surface area contributed by atoms with Crippen LogP contribution in [0.2, 0.25) is 0 Å². The highest BCUT2D eigenvalue weighted by atomic mass is 19.2. The third-order valence-electron chi connectivity index (χ3n) is 4.82. The van der Waals surface area contributed by atoms with Gasteiger partial charge in [-0.15, -0.1) is 0 Å². The van der Waals surface area contributed by atoms with Gasteiger partial charge in [0.15, 0.2) is 11.6 Å². The fourth-order valence-electron chi connectivity index (χ4n) is 3.50. The first-order valence-electron chi connectivity index (χ1n) is 8.81. The van der Waals surface area contributed by atoms with Crippen molar-refractivity contribution < 1.29 is 18.3 Å². The summed E-state index contributed by atoms with van der Waals surface area (Å²) < 4.78 is 39.9. The van der Waals surface area contributed by atoms with Gasteiger partial charge in [0.25, 0.3) is 0 Å². The fourth-order valence-corrected chi connectivity index (χ4v) is 3.50. The molecule has 140 valence electrons. The first-order valence-corrected chi connectivity index (χ1v) is 8.81. The number of halogens is 3. The van der Waals surface area contributed by atoms with E-state index in [9.17, 15) is 18.3 Å². The average molecular weight is 364 g/mol. The summed E-state index contributed by atoms with van der Waals surface area (Å²) in [4.78, 5) is 4.42. The Bertz CT molecular complexity index is 741. The van der Waals surface area contributed by atoms with E-state index in [1.807, 2.05) is 6.07 Å². The molecule has 0 bridgehead atoms. The molecule has 1 aliphatic heterocycles. The Morgan fingerprint density at radius 2 is 1.73 bits per heavy atom. The molecule has 2 aromatic rings. The van der Waals surface area contributed by atoms with Crippen LogP contribution < -0.4 is 0 Å². The summed E-state index contributed by atoms with van der Waals surface area (Å²) in [6, 6.07) is 10.6. The van der Waals surface area contributed by atoms with Crippen LogP contribution in [0.5, 0.6) is 0 Å². The Balaban J connectivity index is 1.64. The van der Waals surface area contributed by atoms with Crippen LogP contribution >= 0.6 is 0 Å². The van der Waals surface area contributed by atoms with Gasteiger partial charge in [-0.3, -0.25) is 9.80 Å². The van der Waals surface area contributed by atoms with Crippen LogP contribution in [0.1, 0.15) is 17.5 Å². The Morgan fingerprint density at radius 1 is 0.923 bits per heavy atom. The molecule has 3 nitrogen and oxygen atoms in total. The van der Waals surface area contributed by atoms with Crippen molar-refractivity contribution in [1.29, 1.82) is 0 Å². The number of rotatable bonds is 6. The van der Waals surface area contributed by atoms with Gasteiger partial charge >= 0.3 is 0 Å². The van der Waals surface area contributed by atoms with Crippen molar-refractivity contribution in [2.24, 2.45) is 0 Å². The molecule has 1 fully saturated rings. The molecule has 0 amide bonds. The standard InChI is InChI=1S/C20H23F3N2O/c21-17-3-1-2-15(10-17)12-24-7-8-25(18(14-24)6-9-26)13-16-4-5-19(22)20(23)11-16/h1-5,10-11,18,26H,6-9,12-14H2. The molecule has 2 aromatic carbocycles. The second kappa shape index (κ2) is 8.66. The molecule has 1 saturated heterocycles. The highest BCUT2D eigenvalue weighted by Crippen LogP contribution is 2.19. The zero-order chi connectivity index (χ0) is 18.5. The van der Waals surface area contributed by atoms with Gasteiger partial charge in [-0.1, -0.05) is 18.2 Å². The van der Waals surface area contributed by atoms with Crippen LogP contribution in [0.15, 0.2) is 42.5 Å². The molecule has 1 aliphatic rings. The van der Waals surface area contributed by atoms with Crippen molar-refractivity contribution in [3.05, 3.63) is 71.0 Å². The predicted octanol–water partition coefficient (Wildman–Crippen LogP) is 3.17. The summed E-state index contributed by atoms with van der Waals surface area (Å²) in [6.45, 7) is 3.50. The molecule has 0 radical (unpaired) electrons. The van der Waals surface area contributed by atoms with Crippen LogP contribution in [0, 0.1) is 17.5 Å². The lowest BCUT2D eigenvalue weighted by atomic mass is 10.1. The predicted molar refractivity (Wildman–Crippen MR) is 93.9 cm³/mol. The van der Waals surface area contributed by atoms with Gasteiger partial charge < -0.3 is 5.11 Å². The van der Waals surface area contributed by atoms with Crippen molar-refractivity contribution in [3.63, 3.8) is 0 Å². The molecular weight excluding hydrogens is 341 g/mol. The van der Waals surface area contributed by atoms with Crippen molar-refractivity contribution in [2.45, 2.75) is 25.6 Å².